The Morgan fingerprint density at radius 2 is 2.00 bits per heavy atom. The molecule has 0 aliphatic carbocycles. The number of anilines is 1. The van der Waals surface area contributed by atoms with Crippen LogP contribution in [-0.2, 0) is 0 Å². The minimum Gasteiger partial charge on any atom is -0.336 e. The van der Waals surface area contributed by atoms with Gasteiger partial charge in [-0.05, 0) is 30.6 Å². The highest BCUT2D eigenvalue weighted by molar-refractivity contribution is 7.10. The third-order valence-corrected chi connectivity index (χ3v) is 5.22. The monoisotopic (exact) mass is 345 g/mol. The summed E-state index contributed by atoms with van der Waals surface area (Å²) in [5.41, 5.74) is 0.745. The van der Waals surface area contributed by atoms with Crippen LogP contribution in [0.25, 0.3) is 0 Å². The molecule has 24 heavy (non-hydrogen) atoms. The number of carbonyl (C=O) groups excluding carboxylic acids is 1. The normalized spacial score (nSPS) is 17.4. The first kappa shape index (κ1) is 16.9. The Morgan fingerprint density at radius 1 is 1.25 bits per heavy atom. The molecule has 0 aromatic carbocycles. The molecule has 2 aromatic heterocycles. The van der Waals surface area contributed by atoms with Crippen LogP contribution >= 0.6 is 11.3 Å². The average Bonchev–Trinajstić information content (AvgIpc) is 3.12. The molecule has 6 nitrogen and oxygen atoms in total. The lowest BCUT2D eigenvalue weighted by Crippen LogP contribution is -2.48. The van der Waals surface area contributed by atoms with Crippen molar-refractivity contribution in [3.63, 3.8) is 0 Å². The van der Waals surface area contributed by atoms with E-state index in [9.17, 15) is 4.79 Å². The Bertz CT molecular complexity index is 626. The maximum atomic E-state index is 12.2. The van der Waals surface area contributed by atoms with Gasteiger partial charge in [-0.25, -0.2) is 4.79 Å². The summed E-state index contributed by atoms with van der Waals surface area (Å²) in [5, 5.41) is 7.94. The largest absolute Gasteiger partial charge is 0.336 e. The molecule has 128 valence electrons. The van der Waals surface area contributed by atoms with Crippen molar-refractivity contribution in [2.45, 2.75) is 6.04 Å². The number of urea groups is 1. The molecule has 3 heterocycles. The highest BCUT2D eigenvalue weighted by Crippen LogP contribution is 2.25. The molecule has 0 unspecified atom stereocenters. The van der Waals surface area contributed by atoms with Gasteiger partial charge in [-0.15, -0.1) is 11.3 Å². The van der Waals surface area contributed by atoms with Gasteiger partial charge in [0.15, 0.2) is 0 Å². The van der Waals surface area contributed by atoms with Crippen molar-refractivity contribution in [2.75, 3.05) is 45.1 Å². The molecule has 0 spiro atoms. The van der Waals surface area contributed by atoms with Gasteiger partial charge in [-0.2, -0.15) is 0 Å². The van der Waals surface area contributed by atoms with Gasteiger partial charge >= 0.3 is 6.03 Å². The quantitative estimate of drug-likeness (QED) is 0.873. The molecule has 1 saturated heterocycles. The average molecular weight is 345 g/mol. The predicted octanol–water partition coefficient (Wildman–Crippen LogP) is 2.25. The second kappa shape index (κ2) is 8.23. The van der Waals surface area contributed by atoms with Crippen molar-refractivity contribution in [3.8, 4) is 0 Å². The van der Waals surface area contributed by atoms with E-state index in [1.54, 1.807) is 35.9 Å². The summed E-state index contributed by atoms with van der Waals surface area (Å²) in [5.74, 6) is 0. The third-order valence-electron chi connectivity index (χ3n) is 4.24. The van der Waals surface area contributed by atoms with Gasteiger partial charge in [0.2, 0.25) is 0 Å². The summed E-state index contributed by atoms with van der Waals surface area (Å²) in [6.07, 6.45) is 3.32. The summed E-state index contributed by atoms with van der Waals surface area (Å²) in [7, 11) is 2.15. The minimum absolute atomic E-state index is 0.183. The number of amides is 2. The van der Waals surface area contributed by atoms with E-state index in [1.807, 2.05) is 0 Å². The Balaban J connectivity index is 1.59. The standard InChI is InChI=1S/C17H23N5OS/c1-21-8-10-22(11-9-21)15(16-3-2-12-24-16)13-19-17(23)20-14-4-6-18-7-5-14/h2-7,12,15H,8-11,13H2,1H3,(H2,18,19,20,23)/t15-/m1/s1. The first-order valence-corrected chi connectivity index (χ1v) is 9.01. The minimum atomic E-state index is -0.183. The van der Waals surface area contributed by atoms with Gasteiger partial charge in [0, 0.05) is 55.7 Å². The van der Waals surface area contributed by atoms with Crippen molar-refractivity contribution in [1.29, 1.82) is 0 Å². The second-order valence-electron chi connectivity index (χ2n) is 5.94. The number of carbonyl (C=O) groups is 1. The summed E-state index contributed by atoms with van der Waals surface area (Å²) < 4.78 is 0. The smallest absolute Gasteiger partial charge is 0.319 e. The molecule has 7 heteroatoms. The van der Waals surface area contributed by atoms with Gasteiger partial charge in [0.05, 0.1) is 6.04 Å². The number of nitrogens with zero attached hydrogens (tertiary/aromatic N) is 3. The maximum Gasteiger partial charge on any atom is 0.319 e. The number of hydrogen-bond acceptors (Lipinski definition) is 5. The van der Waals surface area contributed by atoms with Crippen molar-refractivity contribution >= 4 is 23.1 Å². The lowest BCUT2D eigenvalue weighted by molar-refractivity contribution is 0.113. The Morgan fingerprint density at radius 3 is 2.67 bits per heavy atom. The summed E-state index contributed by atoms with van der Waals surface area (Å²) in [6, 6.07) is 7.81. The first-order valence-electron chi connectivity index (χ1n) is 8.13. The first-order chi connectivity index (χ1) is 11.7. The SMILES string of the molecule is CN1CCN([C@H](CNC(=O)Nc2ccncc2)c2cccs2)CC1. The van der Waals surface area contributed by atoms with Crippen molar-refractivity contribution in [3.05, 3.63) is 46.9 Å². The van der Waals surface area contributed by atoms with Crippen LogP contribution in [0.5, 0.6) is 0 Å². The van der Waals surface area contributed by atoms with Gasteiger partial charge in [0.1, 0.15) is 0 Å². The molecular formula is C17H23N5OS. The van der Waals surface area contributed by atoms with Crippen LogP contribution < -0.4 is 10.6 Å². The maximum absolute atomic E-state index is 12.2. The molecule has 2 aromatic rings. The zero-order valence-electron chi connectivity index (χ0n) is 13.8. The third kappa shape index (κ3) is 4.53. The Hall–Kier alpha value is -1.96. The summed E-state index contributed by atoms with van der Waals surface area (Å²) in [4.78, 5) is 22.2. The van der Waals surface area contributed by atoms with Gasteiger partial charge in [-0.1, -0.05) is 6.07 Å². The van der Waals surface area contributed by atoms with Crippen LogP contribution in [0.15, 0.2) is 42.0 Å². The van der Waals surface area contributed by atoms with Crippen LogP contribution in [0.3, 0.4) is 0 Å². The number of piperazine rings is 1. The molecule has 1 aliphatic rings. The lowest BCUT2D eigenvalue weighted by Gasteiger charge is -2.37. The van der Waals surface area contributed by atoms with E-state index in [0.29, 0.717) is 6.54 Å². The molecule has 1 fully saturated rings. The molecule has 0 radical (unpaired) electrons. The number of hydrogen-bond donors (Lipinski definition) is 2. The molecular weight excluding hydrogens is 322 g/mol. The molecule has 1 aliphatic heterocycles. The van der Waals surface area contributed by atoms with E-state index in [0.717, 1.165) is 31.9 Å². The Kier molecular flexibility index (Phi) is 5.79. The summed E-state index contributed by atoms with van der Waals surface area (Å²) >= 11 is 1.75. The number of rotatable bonds is 5. The van der Waals surface area contributed by atoms with Crippen LogP contribution in [0.1, 0.15) is 10.9 Å². The fourth-order valence-corrected chi connectivity index (χ4v) is 3.68. The molecule has 2 N–H and O–H groups in total. The van der Waals surface area contributed by atoms with Crippen molar-refractivity contribution in [2.24, 2.45) is 0 Å². The molecule has 3 rings (SSSR count). The fraction of sp³-hybridized carbons (Fsp3) is 0.412. The van der Waals surface area contributed by atoms with E-state index in [2.05, 4.69) is 50.0 Å². The van der Waals surface area contributed by atoms with Crippen molar-refractivity contribution < 1.29 is 4.79 Å². The highest BCUT2D eigenvalue weighted by Gasteiger charge is 2.25. The van der Waals surface area contributed by atoms with Crippen LogP contribution in [0.4, 0.5) is 10.5 Å². The number of aromatic nitrogens is 1. The van der Waals surface area contributed by atoms with E-state index >= 15 is 0 Å². The lowest BCUT2D eigenvalue weighted by atomic mass is 10.1. The van der Waals surface area contributed by atoms with E-state index in [1.165, 1.54) is 4.88 Å². The Labute approximate surface area is 146 Å². The van der Waals surface area contributed by atoms with Crippen molar-refractivity contribution in [1.82, 2.24) is 20.1 Å². The van der Waals surface area contributed by atoms with Crippen LogP contribution in [-0.4, -0.2) is 60.6 Å². The van der Waals surface area contributed by atoms with Crippen LogP contribution in [0, 0.1) is 0 Å². The highest BCUT2D eigenvalue weighted by atomic mass is 32.1. The fourth-order valence-electron chi connectivity index (χ4n) is 2.82. The van der Waals surface area contributed by atoms with Gasteiger partial charge in [-0.3, -0.25) is 9.88 Å². The zero-order valence-corrected chi connectivity index (χ0v) is 14.6. The zero-order chi connectivity index (χ0) is 16.8. The van der Waals surface area contributed by atoms with E-state index in [-0.39, 0.29) is 12.1 Å². The number of pyridine rings is 1. The van der Waals surface area contributed by atoms with E-state index < -0.39 is 0 Å². The molecule has 0 saturated carbocycles. The summed E-state index contributed by atoms with van der Waals surface area (Å²) in [6.45, 7) is 4.76. The molecule has 0 bridgehead atoms. The van der Waals surface area contributed by atoms with Crippen LogP contribution in [0.2, 0.25) is 0 Å². The number of nitrogens with one attached hydrogen (secondary N) is 2. The van der Waals surface area contributed by atoms with Gasteiger partial charge < -0.3 is 15.5 Å². The number of thiophene rings is 1. The molecule has 2 amide bonds. The van der Waals surface area contributed by atoms with Gasteiger partial charge in [0.25, 0.3) is 0 Å². The number of likely N-dealkylation sites (N-methyl/N-ethyl adjacent to an activating group) is 1. The van der Waals surface area contributed by atoms with E-state index in [4.69, 9.17) is 0 Å². The second-order valence-corrected chi connectivity index (χ2v) is 6.92. The topological polar surface area (TPSA) is 60.5 Å². The molecule has 1 atom stereocenters. The predicted molar refractivity (Wildman–Crippen MR) is 97.4 cm³/mol.